The smallest absolute Gasteiger partial charge is 0.161 e. The molecule has 0 unspecified atom stereocenters. The first-order valence-corrected chi connectivity index (χ1v) is 8.64. The predicted octanol–water partition coefficient (Wildman–Crippen LogP) is 3.13. The fraction of sp³-hybridized carbons (Fsp3) is 0.333. The Morgan fingerprint density at radius 1 is 1.16 bits per heavy atom. The maximum atomic E-state index is 10.2. The van der Waals surface area contributed by atoms with Gasteiger partial charge in [0.25, 0.3) is 0 Å². The number of rotatable bonds is 10. The van der Waals surface area contributed by atoms with Crippen molar-refractivity contribution in [3.63, 3.8) is 0 Å². The average molecular weight is 340 g/mol. The molecule has 0 amide bonds. The lowest BCUT2D eigenvalue weighted by Crippen LogP contribution is -2.31. The number of phenolic OH excluding ortho intramolecular Hbond substituents is 1. The number of methoxy groups -OCH3 is 1. The molecule has 0 atom stereocenters. The minimum Gasteiger partial charge on any atom is -0.504 e. The molecule has 0 aliphatic carbocycles. The molecule has 0 radical (unpaired) electrons. The molecule has 0 aromatic heterocycles. The zero-order valence-corrected chi connectivity index (χ0v) is 14.9. The monoisotopic (exact) mass is 340 g/mol. The summed E-state index contributed by atoms with van der Waals surface area (Å²) in [4.78, 5) is 2.33. The zero-order valence-electron chi connectivity index (χ0n) is 14.9. The number of nitrogens with two attached hydrogens (primary N) is 1. The van der Waals surface area contributed by atoms with E-state index < -0.39 is 0 Å². The van der Waals surface area contributed by atoms with Crippen LogP contribution in [0.2, 0.25) is 0 Å². The number of hydrogen-bond donors (Lipinski definition) is 2. The van der Waals surface area contributed by atoms with Crippen LogP contribution in [-0.4, -0.2) is 36.8 Å². The van der Waals surface area contributed by atoms with Crippen LogP contribution in [0.1, 0.15) is 16.7 Å². The first kappa shape index (κ1) is 19.0. The predicted molar refractivity (Wildman–Crippen MR) is 103 cm³/mol. The maximum absolute atomic E-state index is 10.2. The second-order valence-electron chi connectivity index (χ2n) is 6.10. The van der Waals surface area contributed by atoms with Gasteiger partial charge in [0, 0.05) is 31.7 Å². The van der Waals surface area contributed by atoms with Crippen molar-refractivity contribution in [1.82, 2.24) is 4.90 Å². The lowest BCUT2D eigenvalue weighted by atomic mass is 10.0. The van der Waals surface area contributed by atoms with E-state index in [-0.39, 0.29) is 5.75 Å². The molecule has 3 N–H and O–H groups in total. The summed E-state index contributed by atoms with van der Waals surface area (Å²) in [6.45, 7) is 6.90. The Labute approximate surface area is 150 Å². The number of ether oxygens (including phenoxy) is 1. The molecule has 2 aromatic rings. The van der Waals surface area contributed by atoms with Crippen LogP contribution in [0, 0.1) is 0 Å². The van der Waals surface area contributed by atoms with Crippen molar-refractivity contribution < 1.29 is 9.84 Å². The Balaban J connectivity index is 2.12. The van der Waals surface area contributed by atoms with E-state index in [4.69, 9.17) is 10.5 Å². The topological polar surface area (TPSA) is 58.7 Å². The van der Waals surface area contributed by atoms with Crippen LogP contribution in [0.3, 0.4) is 0 Å². The highest BCUT2D eigenvalue weighted by Gasteiger charge is 2.12. The highest BCUT2D eigenvalue weighted by atomic mass is 16.5. The molecule has 0 heterocycles. The van der Waals surface area contributed by atoms with Gasteiger partial charge in [0.2, 0.25) is 0 Å². The molecule has 0 saturated carbocycles. The highest BCUT2D eigenvalue weighted by Crippen LogP contribution is 2.32. The van der Waals surface area contributed by atoms with Crippen LogP contribution >= 0.6 is 0 Å². The second kappa shape index (κ2) is 9.87. The first-order valence-electron chi connectivity index (χ1n) is 8.64. The second-order valence-corrected chi connectivity index (χ2v) is 6.10. The molecule has 4 heteroatoms. The van der Waals surface area contributed by atoms with Crippen molar-refractivity contribution in [2.45, 2.75) is 19.4 Å². The van der Waals surface area contributed by atoms with E-state index in [0.29, 0.717) is 18.7 Å². The van der Waals surface area contributed by atoms with Gasteiger partial charge in [-0.3, -0.25) is 4.90 Å². The fourth-order valence-electron chi connectivity index (χ4n) is 2.93. The molecule has 0 spiro atoms. The van der Waals surface area contributed by atoms with E-state index in [0.717, 1.165) is 37.2 Å². The molecule has 134 valence electrons. The van der Waals surface area contributed by atoms with Gasteiger partial charge in [0.1, 0.15) is 0 Å². The van der Waals surface area contributed by atoms with Gasteiger partial charge in [-0.1, -0.05) is 42.5 Å². The van der Waals surface area contributed by atoms with Crippen LogP contribution in [0.25, 0.3) is 0 Å². The van der Waals surface area contributed by atoms with Gasteiger partial charge in [0.05, 0.1) is 7.11 Å². The summed E-state index contributed by atoms with van der Waals surface area (Å²) in [6.07, 6.45) is 3.37. The van der Waals surface area contributed by atoms with Crippen molar-refractivity contribution in [3.05, 3.63) is 71.8 Å². The van der Waals surface area contributed by atoms with E-state index in [2.05, 4.69) is 35.7 Å². The van der Waals surface area contributed by atoms with Crippen molar-refractivity contribution in [1.29, 1.82) is 0 Å². The average Bonchev–Trinajstić information content (AvgIpc) is 2.63. The number of allylic oxidation sites excluding steroid dienone is 1. The van der Waals surface area contributed by atoms with Crippen molar-refractivity contribution >= 4 is 0 Å². The van der Waals surface area contributed by atoms with Gasteiger partial charge < -0.3 is 15.6 Å². The summed E-state index contributed by atoms with van der Waals surface area (Å²) in [5, 5.41) is 10.2. The molecule has 4 nitrogen and oxygen atoms in total. The number of aromatic hydroxyl groups is 1. The lowest BCUT2D eigenvalue weighted by molar-refractivity contribution is 0.275. The van der Waals surface area contributed by atoms with Crippen LogP contribution in [-0.2, 0) is 19.4 Å². The standard InChI is InChI=1S/C21H28N2O2/c1-3-7-19-14-18(15-20(25-2)21(19)24)16-23(13-11-22)12-10-17-8-5-4-6-9-17/h3-6,8-9,14-15,24H,1,7,10-13,16,22H2,2H3. The maximum Gasteiger partial charge on any atom is 0.161 e. The summed E-state index contributed by atoms with van der Waals surface area (Å²) < 4.78 is 5.32. The molecular formula is C21H28N2O2. The van der Waals surface area contributed by atoms with Crippen molar-refractivity contribution in [2.24, 2.45) is 5.73 Å². The van der Waals surface area contributed by atoms with Crippen LogP contribution in [0.4, 0.5) is 0 Å². The first-order chi connectivity index (χ1) is 12.2. The zero-order chi connectivity index (χ0) is 18.1. The molecule has 0 bridgehead atoms. The quantitative estimate of drug-likeness (QED) is 0.653. The van der Waals surface area contributed by atoms with E-state index in [1.165, 1.54) is 5.56 Å². The molecule has 0 fully saturated rings. The largest absolute Gasteiger partial charge is 0.504 e. The van der Waals surface area contributed by atoms with Crippen LogP contribution in [0.15, 0.2) is 55.1 Å². The Morgan fingerprint density at radius 2 is 1.92 bits per heavy atom. The third kappa shape index (κ3) is 5.62. The summed E-state index contributed by atoms with van der Waals surface area (Å²) in [5.74, 6) is 0.700. The Hall–Kier alpha value is -2.30. The summed E-state index contributed by atoms with van der Waals surface area (Å²) in [7, 11) is 1.57. The van der Waals surface area contributed by atoms with Gasteiger partial charge >= 0.3 is 0 Å². The fourth-order valence-corrected chi connectivity index (χ4v) is 2.93. The molecule has 2 rings (SSSR count). The minimum absolute atomic E-state index is 0.195. The third-order valence-corrected chi connectivity index (χ3v) is 4.21. The van der Waals surface area contributed by atoms with Gasteiger partial charge in [-0.25, -0.2) is 0 Å². The number of benzene rings is 2. The Bertz CT molecular complexity index is 671. The van der Waals surface area contributed by atoms with E-state index in [1.54, 1.807) is 13.2 Å². The molecular weight excluding hydrogens is 312 g/mol. The number of phenols is 1. The van der Waals surface area contributed by atoms with Gasteiger partial charge in [0.15, 0.2) is 11.5 Å². The van der Waals surface area contributed by atoms with Crippen molar-refractivity contribution in [2.75, 3.05) is 26.7 Å². The SMILES string of the molecule is C=CCc1cc(CN(CCN)CCc2ccccc2)cc(OC)c1O. The highest BCUT2D eigenvalue weighted by molar-refractivity contribution is 5.49. The van der Waals surface area contributed by atoms with E-state index in [9.17, 15) is 5.11 Å². The molecule has 0 aliphatic rings. The number of nitrogens with zero attached hydrogens (tertiary/aromatic N) is 1. The third-order valence-electron chi connectivity index (χ3n) is 4.21. The normalized spacial score (nSPS) is 10.8. The molecule has 0 aliphatic heterocycles. The molecule has 0 saturated heterocycles. The Kier molecular flexibility index (Phi) is 7.51. The molecule has 25 heavy (non-hydrogen) atoms. The summed E-state index contributed by atoms with van der Waals surface area (Å²) in [6, 6.07) is 14.4. The Morgan fingerprint density at radius 3 is 2.56 bits per heavy atom. The van der Waals surface area contributed by atoms with E-state index in [1.807, 2.05) is 18.2 Å². The van der Waals surface area contributed by atoms with Crippen molar-refractivity contribution in [3.8, 4) is 11.5 Å². The lowest BCUT2D eigenvalue weighted by Gasteiger charge is -2.22. The molecule has 2 aromatic carbocycles. The minimum atomic E-state index is 0.195. The number of hydrogen-bond acceptors (Lipinski definition) is 4. The van der Waals surface area contributed by atoms with Crippen LogP contribution in [0.5, 0.6) is 11.5 Å². The summed E-state index contributed by atoms with van der Waals surface area (Å²) >= 11 is 0. The van der Waals surface area contributed by atoms with Crippen LogP contribution < -0.4 is 10.5 Å². The van der Waals surface area contributed by atoms with Gasteiger partial charge in [-0.15, -0.1) is 6.58 Å². The van der Waals surface area contributed by atoms with Gasteiger partial charge in [-0.05, 0) is 30.0 Å². The van der Waals surface area contributed by atoms with Gasteiger partial charge in [-0.2, -0.15) is 0 Å². The summed E-state index contributed by atoms with van der Waals surface area (Å²) in [5.41, 5.74) is 9.05. The van der Waals surface area contributed by atoms with E-state index >= 15 is 0 Å².